The molecule has 1 aromatic heterocycles. The smallest absolute Gasteiger partial charge is 0.245 e. The van der Waals surface area contributed by atoms with Crippen LogP contribution >= 0.6 is 11.6 Å². The van der Waals surface area contributed by atoms with Crippen LogP contribution < -0.4 is 5.32 Å². The van der Waals surface area contributed by atoms with Crippen molar-refractivity contribution in [3.05, 3.63) is 35.0 Å². The molecule has 1 N–H and O–H groups in total. The summed E-state index contributed by atoms with van der Waals surface area (Å²) in [5.41, 5.74) is 0.942. The molecule has 1 heterocycles. The van der Waals surface area contributed by atoms with Gasteiger partial charge < -0.3 is 9.88 Å². The summed E-state index contributed by atoms with van der Waals surface area (Å²) in [6, 6.07) is 8.96. The molecule has 2 aromatic rings. The zero-order valence-electron chi connectivity index (χ0n) is 11.0. The summed E-state index contributed by atoms with van der Waals surface area (Å²) in [6.45, 7) is 0. The zero-order valence-corrected chi connectivity index (χ0v) is 11.7. The van der Waals surface area contributed by atoms with Crippen molar-refractivity contribution in [2.75, 3.05) is 7.05 Å². The average Bonchev–Trinajstić information content (AvgIpc) is 2.72. The molecule has 20 heavy (non-hydrogen) atoms. The van der Waals surface area contributed by atoms with Gasteiger partial charge in [0.2, 0.25) is 11.7 Å². The topological polar surface area (TPSA) is 74.9 Å². The zero-order chi connectivity index (χ0) is 14.9. The number of halogens is 1. The number of benzene rings is 1. The molecule has 0 aliphatic carbocycles. The van der Waals surface area contributed by atoms with E-state index in [1.54, 1.807) is 23.8 Å². The quantitative estimate of drug-likeness (QED) is 0.693. The first-order valence-corrected chi connectivity index (χ1v) is 6.29. The number of fused-ring (bicyclic) bond motifs is 1. The Bertz CT molecular complexity index is 704. The van der Waals surface area contributed by atoms with Gasteiger partial charge in [-0.25, -0.2) is 0 Å². The number of hydrogen-bond acceptors (Lipinski definition) is 3. The molecule has 0 bridgehead atoms. The van der Waals surface area contributed by atoms with Gasteiger partial charge in [-0.2, -0.15) is 5.26 Å². The van der Waals surface area contributed by atoms with Gasteiger partial charge in [-0.3, -0.25) is 9.59 Å². The van der Waals surface area contributed by atoms with Crippen molar-refractivity contribution in [1.29, 1.82) is 5.26 Å². The number of aryl methyl sites for hydroxylation is 1. The molecule has 1 atom stereocenters. The Balaban J connectivity index is 2.61. The van der Waals surface area contributed by atoms with Crippen molar-refractivity contribution in [2.45, 2.75) is 0 Å². The third kappa shape index (κ3) is 2.04. The second-order valence-electron chi connectivity index (χ2n) is 4.28. The molecule has 0 radical (unpaired) electrons. The van der Waals surface area contributed by atoms with Crippen LogP contribution in [0, 0.1) is 17.2 Å². The lowest BCUT2D eigenvalue weighted by molar-refractivity contribution is -0.121. The Morgan fingerprint density at radius 2 is 2.05 bits per heavy atom. The molecule has 1 aromatic carbocycles. The van der Waals surface area contributed by atoms with Gasteiger partial charge in [0, 0.05) is 25.0 Å². The number of para-hydroxylation sites is 1. The lowest BCUT2D eigenvalue weighted by Gasteiger charge is -2.08. The highest BCUT2D eigenvalue weighted by Crippen LogP contribution is 2.31. The first kappa shape index (κ1) is 14.1. The van der Waals surface area contributed by atoms with Gasteiger partial charge >= 0.3 is 0 Å². The molecular formula is C14H12ClN3O2. The molecular weight excluding hydrogens is 278 g/mol. The third-order valence-corrected chi connectivity index (χ3v) is 3.56. The number of Topliss-reactive ketones (excluding diaryl/α,β-unsaturated/α-hetero) is 1. The van der Waals surface area contributed by atoms with Crippen LogP contribution in [-0.2, 0) is 11.8 Å². The standard InChI is InChI=1S/C14H12ClN3O2/c1-17-14(20)9(7-16)13(19)12-11(15)8-5-3-4-6-10(8)18(12)2/h3-6,9H,1-2H3,(H,17,20)/t9-/m0/s1. The Morgan fingerprint density at radius 1 is 1.40 bits per heavy atom. The highest BCUT2D eigenvalue weighted by Gasteiger charge is 2.31. The van der Waals surface area contributed by atoms with Crippen LogP contribution in [0.15, 0.2) is 24.3 Å². The maximum Gasteiger partial charge on any atom is 0.245 e. The van der Waals surface area contributed by atoms with Crippen LogP contribution in [0.1, 0.15) is 10.5 Å². The van der Waals surface area contributed by atoms with Crippen molar-refractivity contribution < 1.29 is 9.59 Å². The lowest BCUT2D eigenvalue weighted by atomic mass is 10.0. The molecule has 102 valence electrons. The van der Waals surface area contributed by atoms with Crippen LogP contribution in [-0.4, -0.2) is 23.3 Å². The summed E-state index contributed by atoms with van der Waals surface area (Å²) in [5.74, 6) is -2.64. The fourth-order valence-corrected chi connectivity index (χ4v) is 2.52. The van der Waals surface area contributed by atoms with Gasteiger partial charge in [0.05, 0.1) is 11.1 Å². The van der Waals surface area contributed by atoms with E-state index < -0.39 is 17.6 Å². The largest absolute Gasteiger partial charge is 0.358 e. The molecule has 1 amide bonds. The minimum absolute atomic E-state index is 0.169. The first-order valence-electron chi connectivity index (χ1n) is 5.91. The highest BCUT2D eigenvalue weighted by molar-refractivity contribution is 6.39. The van der Waals surface area contributed by atoms with E-state index in [1.807, 2.05) is 18.2 Å². The number of ketones is 1. The lowest BCUT2D eigenvalue weighted by Crippen LogP contribution is -2.33. The molecule has 0 saturated heterocycles. The Kier molecular flexibility index (Phi) is 3.77. The summed E-state index contributed by atoms with van der Waals surface area (Å²) >= 11 is 6.22. The van der Waals surface area contributed by atoms with Gasteiger partial charge in [0.1, 0.15) is 5.69 Å². The molecule has 2 rings (SSSR count). The minimum Gasteiger partial charge on any atom is -0.358 e. The normalized spacial score (nSPS) is 11.9. The van der Waals surface area contributed by atoms with E-state index in [9.17, 15) is 9.59 Å². The number of nitriles is 1. The first-order chi connectivity index (χ1) is 9.52. The van der Waals surface area contributed by atoms with E-state index in [0.717, 1.165) is 5.52 Å². The molecule has 5 nitrogen and oxygen atoms in total. The van der Waals surface area contributed by atoms with Crippen LogP contribution in [0.25, 0.3) is 10.9 Å². The van der Waals surface area contributed by atoms with Crippen LogP contribution in [0.4, 0.5) is 0 Å². The van der Waals surface area contributed by atoms with E-state index in [1.165, 1.54) is 7.05 Å². The number of nitrogens with zero attached hydrogens (tertiary/aromatic N) is 2. The average molecular weight is 290 g/mol. The van der Waals surface area contributed by atoms with Gasteiger partial charge in [-0.1, -0.05) is 29.8 Å². The van der Waals surface area contributed by atoms with E-state index in [-0.39, 0.29) is 10.7 Å². The molecule has 0 unspecified atom stereocenters. The number of carbonyl (C=O) groups is 2. The summed E-state index contributed by atoms with van der Waals surface area (Å²) in [6.07, 6.45) is 0. The van der Waals surface area contributed by atoms with Crippen molar-refractivity contribution in [1.82, 2.24) is 9.88 Å². The van der Waals surface area contributed by atoms with E-state index in [4.69, 9.17) is 16.9 Å². The van der Waals surface area contributed by atoms with Crippen LogP contribution in [0.3, 0.4) is 0 Å². The number of hydrogen-bond donors (Lipinski definition) is 1. The number of aromatic nitrogens is 1. The predicted molar refractivity (Wildman–Crippen MR) is 75.4 cm³/mol. The van der Waals surface area contributed by atoms with Gasteiger partial charge in [0.15, 0.2) is 5.92 Å². The molecule has 0 aliphatic rings. The summed E-state index contributed by atoms with van der Waals surface area (Å²) < 4.78 is 1.60. The number of rotatable bonds is 3. The fraction of sp³-hybridized carbons (Fsp3) is 0.214. The number of carbonyl (C=O) groups excluding carboxylic acids is 2. The third-order valence-electron chi connectivity index (χ3n) is 3.18. The van der Waals surface area contributed by atoms with E-state index in [2.05, 4.69) is 5.32 Å². The monoisotopic (exact) mass is 289 g/mol. The Morgan fingerprint density at radius 3 is 2.60 bits per heavy atom. The summed E-state index contributed by atoms with van der Waals surface area (Å²) in [7, 11) is 3.06. The Labute approximate surface area is 120 Å². The molecule has 0 aliphatic heterocycles. The van der Waals surface area contributed by atoms with Gasteiger partial charge in [-0.15, -0.1) is 0 Å². The van der Waals surface area contributed by atoms with Gasteiger partial charge in [-0.05, 0) is 6.07 Å². The second-order valence-corrected chi connectivity index (χ2v) is 4.66. The fourth-order valence-electron chi connectivity index (χ4n) is 2.14. The van der Waals surface area contributed by atoms with Crippen molar-refractivity contribution in [2.24, 2.45) is 13.0 Å². The summed E-state index contributed by atoms with van der Waals surface area (Å²) in [5, 5.41) is 12.3. The maximum absolute atomic E-state index is 12.4. The summed E-state index contributed by atoms with van der Waals surface area (Å²) in [4.78, 5) is 24.0. The van der Waals surface area contributed by atoms with Gasteiger partial charge in [0.25, 0.3) is 0 Å². The van der Waals surface area contributed by atoms with Crippen molar-refractivity contribution in [3.63, 3.8) is 0 Å². The maximum atomic E-state index is 12.4. The van der Waals surface area contributed by atoms with E-state index in [0.29, 0.717) is 5.39 Å². The minimum atomic E-state index is -1.40. The van der Waals surface area contributed by atoms with Crippen LogP contribution in [0.2, 0.25) is 5.02 Å². The highest BCUT2D eigenvalue weighted by atomic mass is 35.5. The molecule has 0 spiro atoms. The second kappa shape index (κ2) is 5.35. The predicted octanol–water partition coefficient (Wildman–Crippen LogP) is 1.90. The molecule has 6 heteroatoms. The SMILES string of the molecule is CNC(=O)[C@@H](C#N)C(=O)c1c(Cl)c2ccccc2n1C. The molecule has 0 saturated carbocycles. The number of amides is 1. The van der Waals surface area contributed by atoms with E-state index >= 15 is 0 Å². The van der Waals surface area contributed by atoms with Crippen molar-refractivity contribution >= 4 is 34.2 Å². The number of nitrogens with one attached hydrogen (secondary N) is 1. The van der Waals surface area contributed by atoms with Crippen molar-refractivity contribution in [3.8, 4) is 6.07 Å². The Hall–Kier alpha value is -2.32. The molecule has 0 fully saturated rings. The van der Waals surface area contributed by atoms with Crippen LogP contribution in [0.5, 0.6) is 0 Å².